The minimum atomic E-state index is -0.357. The lowest BCUT2D eigenvalue weighted by Gasteiger charge is -2.38. The van der Waals surface area contributed by atoms with Gasteiger partial charge in [0, 0.05) is 24.0 Å². The second kappa shape index (κ2) is 7.04. The molecule has 6 rings (SSSR count). The largest absolute Gasteiger partial charge is 0.508 e. The van der Waals surface area contributed by atoms with Gasteiger partial charge in [-0.2, -0.15) is 0 Å². The minimum Gasteiger partial charge on any atom is -0.508 e. The van der Waals surface area contributed by atoms with Crippen molar-refractivity contribution < 1.29 is 14.6 Å². The lowest BCUT2D eigenvalue weighted by Crippen LogP contribution is -2.33. The summed E-state index contributed by atoms with van der Waals surface area (Å²) in [6.45, 7) is 4.20. The average Bonchev–Trinajstić information content (AvgIpc) is 3.27. The van der Waals surface area contributed by atoms with Gasteiger partial charge in [0.1, 0.15) is 17.3 Å². The second-order valence-corrected chi connectivity index (χ2v) is 9.62. The number of fused-ring (bicyclic) bond motifs is 3. The molecule has 0 amide bonds. The van der Waals surface area contributed by atoms with Gasteiger partial charge in [-0.1, -0.05) is 49.4 Å². The van der Waals surface area contributed by atoms with Crippen LogP contribution in [0.1, 0.15) is 43.9 Å². The summed E-state index contributed by atoms with van der Waals surface area (Å²) < 4.78 is 8.06. The van der Waals surface area contributed by atoms with E-state index in [1.165, 1.54) is 0 Å². The Morgan fingerprint density at radius 1 is 1.03 bits per heavy atom. The highest BCUT2D eigenvalue weighted by Crippen LogP contribution is 2.51. The Morgan fingerprint density at radius 2 is 1.82 bits per heavy atom. The monoisotopic (exact) mass is 437 g/mol. The van der Waals surface area contributed by atoms with Crippen molar-refractivity contribution >= 4 is 16.6 Å². The Bertz CT molecular complexity index is 1450. The molecule has 4 aromatic rings. The molecule has 1 unspecified atom stereocenters. The van der Waals surface area contributed by atoms with E-state index < -0.39 is 0 Å². The predicted octanol–water partition coefficient (Wildman–Crippen LogP) is 5.29. The highest BCUT2D eigenvalue weighted by atomic mass is 16.5. The molecule has 1 N–H and O–H groups in total. The van der Waals surface area contributed by atoms with E-state index in [0.717, 1.165) is 33.5 Å². The molecule has 1 aromatic heterocycles. The molecule has 1 aliphatic heterocycles. The Balaban J connectivity index is 1.57. The van der Waals surface area contributed by atoms with Crippen LogP contribution < -0.4 is 4.74 Å². The number of ketones is 1. The molecule has 0 radical (unpaired) electrons. The summed E-state index contributed by atoms with van der Waals surface area (Å²) in [5.41, 5.74) is 2.97. The quantitative estimate of drug-likeness (QED) is 0.461. The van der Waals surface area contributed by atoms with Gasteiger partial charge in [0.25, 0.3) is 0 Å². The van der Waals surface area contributed by atoms with E-state index in [4.69, 9.17) is 4.74 Å². The van der Waals surface area contributed by atoms with E-state index in [9.17, 15) is 9.90 Å². The third-order valence-corrected chi connectivity index (χ3v) is 6.54. The third kappa shape index (κ3) is 3.21. The van der Waals surface area contributed by atoms with Crippen LogP contribution in [-0.4, -0.2) is 25.9 Å². The van der Waals surface area contributed by atoms with Crippen LogP contribution in [0.4, 0.5) is 0 Å². The number of Topliss-reactive ketones (excluding diaryl/α,β-unsaturated/α-hetero) is 1. The molecule has 0 saturated heterocycles. The topological polar surface area (TPSA) is 77.2 Å². The van der Waals surface area contributed by atoms with Crippen molar-refractivity contribution in [3.8, 4) is 17.2 Å². The SMILES string of the molecule is CC1(C)CC(=O)C2=C(C1)Oc1ccc3ccccc3c1C2c1cn(-c2ccc(O)cc2)nn1. The van der Waals surface area contributed by atoms with Gasteiger partial charge in [0.15, 0.2) is 5.78 Å². The normalized spacial score (nSPS) is 19.2. The van der Waals surface area contributed by atoms with E-state index in [1.807, 2.05) is 24.4 Å². The van der Waals surface area contributed by atoms with E-state index >= 15 is 0 Å². The highest BCUT2D eigenvalue weighted by Gasteiger charge is 2.43. The Labute approximate surface area is 191 Å². The Hall–Kier alpha value is -3.93. The summed E-state index contributed by atoms with van der Waals surface area (Å²) in [6, 6.07) is 19.0. The molecule has 2 aliphatic rings. The van der Waals surface area contributed by atoms with Crippen LogP contribution >= 0.6 is 0 Å². The number of phenolic OH excluding ortho intramolecular Hbond substituents is 1. The molecular weight excluding hydrogens is 414 g/mol. The van der Waals surface area contributed by atoms with Crippen LogP contribution in [0.3, 0.4) is 0 Å². The summed E-state index contributed by atoms with van der Waals surface area (Å²) in [5, 5.41) is 20.6. The molecule has 2 heterocycles. The summed E-state index contributed by atoms with van der Waals surface area (Å²) in [7, 11) is 0. The number of ether oxygens (including phenoxy) is 1. The molecule has 3 aromatic carbocycles. The summed E-state index contributed by atoms with van der Waals surface area (Å²) >= 11 is 0. The zero-order valence-electron chi connectivity index (χ0n) is 18.4. The van der Waals surface area contributed by atoms with Gasteiger partial charge in [-0.05, 0) is 46.5 Å². The molecule has 0 fully saturated rings. The van der Waals surface area contributed by atoms with E-state index in [-0.39, 0.29) is 22.9 Å². The standard InChI is InChI=1S/C27H23N3O3/c1-27(2)13-21(32)26-23(14-27)33-22-12-7-16-5-3-4-6-19(16)24(22)25(26)20-15-30(29-28-20)17-8-10-18(31)11-9-17/h3-12,15,25,31H,13-14H2,1-2H3. The first kappa shape index (κ1) is 19.7. The number of benzene rings is 3. The fourth-order valence-electron chi connectivity index (χ4n) is 5.07. The number of aromatic nitrogens is 3. The van der Waals surface area contributed by atoms with Crippen LogP contribution in [-0.2, 0) is 4.79 Å². The molecule has 0 spiro atoms. The smallest absolute Gasteiger partial charge is 0.163 e. The van der Waals surface area contributed by atoms with Gasteiger partial charge < -0.3 is 9.84 Å². The zero-order valence-corrected chi connectivity index (χ0v) is 18.4. The zero-order chi connectivity index (χ0) is 22.7. The first-order chi connectivity index (χ1) is 15.9. The Kier molecular flexibility index (Phi) is 4.21. The number of nitrogens with zero attached hydrogens (tertiary/aromatic N) is 3. The van der Waals surface area contributed by atoms with Crippen molar-refractivity contribution in [3.05, 3.63) is 89.5 Å². The fraction of sp³-hybridized carbons (Fsp3) is 0.222. The number of hydrogen-bond donors (Lipinski definition) is 1. The van der Waals surface area contributed by atoms with Gasteiger partial charge in [-0.15, -0.1) is 5.10 Å². The number of carbonyl (C=O) groups excluding carboxylic acids is 1. The average molecular weight is 437 g/mol. The van der Waals surface area contributed by atoms with Gasteiger partial charge >= 0.3 is 0 Å². The lowest BCUT2D eigenvalue weighted by molar-refractivity contribution is -0.118. The highest BCUT2D eigenvalue weighted by molar-refractivity contribution is 6.02. The van der Waals surface area contributed by atoms with E-state index in [1.54, 1.807) is 28.9 Å². The lowest BCUT2D eigenvalue weighted by atomic mass is 9.70. The Morgan fingerprint density at radius 3 is 2.64 bits per heavy atom. The second-order valence-electron chi connectivity index (χ2n) is 9.62. The number of phenols is 1. The van der Waals surface area contributed by atoms with Gasteiger partial charge in [0.05, 0.1) is 23.5 Å². The number of rotatable bonds is 2. The fourth-order valence-corrected chi connectivity index (χ4v) is 5.07. The number of hydrogen-bond acceptors (Lipinski definition) is 5. The van der Waals surface area contributed by atoms with Crippen LogP contribution in [0, 0.1) is 5.41 Å². The van der Waals surface area contributed by atoms with Gasteiger partial charge in [-0.3, -0.25) is 4.79 Å². The molecule has 1 atom stereocenters. The maximum absolute atomic E-state index is 13.5. The molecule has 1 aliphatic carbocycles. The number of carbonyl (C=O) groups is 1. The van der Waals surface area contributed by atoms with Gasteiger partial charge in [-0.25, -0.2) is 4.68 Å². The van der Waals surface area contributed by atoms with Crippen LogP contribution in [0.25, 0.3) is 16.5 Å². The van der Waals surface area contributed by atoms with Crippen molar-refractivity contribution in [1.29, 1.82) is 0 Å². The van der Waals surface area contributed by atoms with Crippen molar-refractivity contribution in [2.24, 2.45) is 5.41 Å². The molecule has 33 heavy (non-hydrogen) atoms. The third-order valence-electron chi connectivity index (χ3n) is 6.54. The first-order valence-electron chi connectivity index (χ1n) is 11.1. The van der Waals surface area contributed by atoms with E-state index in [0.29, 0.717) is 24.1 Å². The summed E-state index contributed by atoms with van der Waals surface area (Å²) in [5.74, 6) is 1.44. The van der Waals surface area contributed by atoms with Gasteiger partial charge in [0.2, 0.25) is 0 Å². The van der Waals surface area contributed by atoms with Crippen LogP contribution in [0.15, 0.2) is 78.2 Å². The molecule has 164 valence electrons. The van der Waals surface area contributed by atoms with Crippen LogP contribution in [0.5, 0.6) is 11.5 Å². The van der Waals surface area contributed by atoms with Crippen LogP contribution in [0.2, 0.25) is 0 Å². The van der Waals surface area contributed by atoms with Crippen molar-refractivity contribution in [2.45, 2.75) is 32.6 Å². The maximum Gasteiger partial charge on any atom is 0.163 e. The molecule has 6 heteroatoms. The molecular formula is C27H23N3O3. The number of aromatic hydroxyl groups is 1. The summed E-state index contributed by atoms with van der Waals surface area (Å²) in [4.78, 5) is 13.5. The molecule has 6 nitrogen and oxygen atoms in total. The first-order valence-corrected chi connectivity index (χ1v) is 11.1. The van der Waals surface area contributed by atoms with Crippen molar-refractivity contribution in [1.82, 2.24) is 15.0 Å². The molecule has 0 bridgehead atoms. The van der Waals surface area contributed by atoms with E-state index in [2.05, 4.69) is 42.4 Å². The predicted molar refractivity (Wildman–Crippen MR) is 124 cm³/mol. The van der Waals surface area contributed by atoms with Crippen molar-refractivity contribution in [3.63, 3.8) is 0 Å². The summed E-state index contributed by atoms with van der Waals surface area (Å²) in [6.07, 6.45) is 3.03. The number of allylic oxidation sites excluding steroid dienone is 2. The minimum absolute atomic E-state index is 0.101. The molecule has 0 saturated carbocycles. The van der Waals surface area contributed by atoms with Crippen molar-refractivity contribution in [2.75, 3.05) is 0 Å². The maximum atomic E-state index is 13.5.